The SMILES string of the molecule is CC(CN)CC(=O)Nc1c(Br)cccc1Br. The van der Waals surface area contributed by atoms with E-state index in [-0.39, 0.29) is 11.8 Å². The second-order valence-corrected chi connectivity index (χ2v) is 5.40. The van der Waals surface area contributed by atoms with E-state index in [4.69, 9.17) is 5.73 Å². The van der Waals surface area contributed by atoms with Gasteiger partial charge in [0, 0.05) is 15.4 Å². The van der Waals surface area contributed by atoms with E-state index in [1.807, 2.05) is 25.1 Å². The molecule has 1 atom stereocenters. The lowest BCUT2D eigenvalue weighted by molar-refractivity contribution is -0.116. The van der Waals surface area contributed by atoms with Gasteiger partial charge in [-0.05, 0) is 56.5 Å². The molecule has 1 rings (SSSR count). The largest absolute Gasteiger partial charge is 0.330 e. The Balaban J connectivity index is 2.70. The fourth-order valence-electron chi connectivity index (χ4n) is 1.21. The molecule has 3 N–H and O–H groups in total. The summed E-state index contributed by atoms with van der Waals surface area (Å²) in [7, 11) is 0. The number of hydrogen-bond acceptors (Lipinski definition) is 2. The second kappa shape index (κ2) is 6.37. The van der Waals surface area contributed by atoms with Gasteiger partial charge in [-0.1, -0.05) is 13.0 Å². The highest BCUT2D eigenvalue weighted by molar-refractivity contribution is 9.11. The zero-order valence-corrected chi connectivity index (χ0v) is 12.1. The minimum Gasteiger partial charge on any atom is -0.330 e. The standard InChI is InChI=1S/C11H14Br2N2O/c1-7(6-14)5-10(16)15-11-8(12)3-2-4-9(11)13/h2-4,7H,5-6,14H2,1H3,(H,15,16). The van der Waals surface area contributed by atoms with Crippen LogP contribution in [0.5, 0.6) is 0 Å². The summed E-state index contributed by atoms with van der Waals surface area (Å²) >= 11 is 6.78. The van der Waals surface area contributed by atoms with Crippen molar-refractivity contribution in [3.05, 3.63) is 27.1 Å². The molecule has 3 nitrogen and oxygen atoms in total. The molecule has 0 bridgehead atoms. The van der Waals surface area contributed by atoms with Crippen LogP contribution in [0, 0.1) is 5.92 Å². The molecule has 5 heteroatoms. The first-order chi connectivity index (χ1) is 7.54. The minimum absolute atomic E-state index is 0.0226. The van der Waals surface area contributed by atoms with Gasteiger partial charge in [-0.3, -0.25) is 4.79 Å². The van der Waals surface area contributed by atoms with Crippen LogP contribution >= 0.6 is 31.9 Å². The van der Waals surface area contributed by atoms with Crippen LogP contribution in [0.1, 0.15) is 13.3 Å². The van der Waals surface area contributed by atoms with Crippen LogP contribution < -0.4 is 11.1 Å². The number of carbonyl (C=O) groups is 1. The number of hydrogen-bond donors (Lipinski definition) is 2. The van der Waals surface area contributed by atoms with Crippen LogP contribution in [0.25, 0.3) is 0 Å². The fourth-order valence-corrected chi connectivity index (χ4v) is 2.40. The molecule has 0 aromatic heterocycles. The van der Waals surface area contributed by atoms with Gasteiger partial charge in [0.1, 0.15) is 0 Å². The quantitative estimate of drug-likeness (QED) is 0.877. The van der Waals surface area contributed by atoms with Gasteiger partial charge in [0.25, 0.3) is 0 Å². The summed E-state index contributed by atoms with van der Waals surface area (Å²) in [6.45, 7) is 2.47. The highest BCUT2D eigenvalue weighted by Crippen LogP contribution is 2.30. The van der Waals surface area contributed by atoms with E-state index in [0.29, 0.717) is 13.0 Å². The predicted molar refractivity (Wildman–Crippen MR) is 73.3 cm³/mol. The van der Waals surface area contributed by atoms with Gasteiger partial charge in [0.15, 0.2) is 0 Å². The van der Waals surface area contributed by atoms with Crippen LogP contribution in [0.2, 0.25) is 0 Å². The number of amides is 1. The van der Waals surface area contributed by atoms with Gasteiger partial charge in [0.2, 0.25) is 5.91 Å². The smallest absolute Gasteiger partial charge is 0.224 e. The number of para-hydroxylation sites is 1. The van der Waals surface area contributed by atoms with Crippen LogP contribution in [0.4, 0.5) is 5.69 Å². The maximum absolute atomic E-state index is 11.7. The summed E-state index contributed by atoms with van der Waals surface area (Å²) in [6.07, 6.45) is 0.435. The summed E-state index contributed by atoms with van der Waals surface area (Å²) in [6, 6.07) is 5.66. The molecule has 1 aromatic rings. The van der Waals surface area contributed by atoms with Gasteiger partial charge in [-0.25, -0.2) is 0 Å². The number of benzene rings is 1. The predicted octanol–water partition coefficient (Wildman–Crippen LogP) is 3.14. The lowest BCUT2D eigenvalue weighted by Gasteiger charge is -2.11. The molecular weight excluding hydrogens is 336 g/mol. The molecule has 88 valence electrons. The van der Waals surface area contributed by atoms with Crippen molar-refractivity contribution in [2.75, 3.05) is 11.9 Å². The number of rotatable bonds is 4. The fraction of sp³-hybridized carbons (Fsp3) is 0.364. The van der Waals surface area contributed by atoms with Gasteiger partial charge in [-0.15, -0.1) is 0 Å². The molecular formula is C11H14Br2N2O. The molecule has 16 heavy (non-hydrogen) atoms. The lowest BCUT2D eigenvalue weighted by Crippen LogP contribution is -2.20. The Labute approximate surface area is 112 Å². The summed E-state index contributed by atoms with van der Waals surface area (Å²) in [5, 5.41) is 2.86. The number of halogens is 2. The Hall–Kier alpha value is -0.390. The molecule has 0 aliphatic heterocycles. The number of carbonyl (C=O) groups excluding carboxylic acids is 1. The number of nitrogens with two attached hydrogens (primary N) is 1. The molecule has 0 radical (unpaired) electrons. The highest BCUT2D eigenvalue weighted by atomic mass is 79.9. The van der Waals surface area contributed by atoms with E-state index in [0.717, 1.165) is 14.6 Å². The molecule has 0 spiro atoms. The van der Waals surface area contributed by atoms with Crippen LogP contribution in [0.15, 0.2) is 27.1 Å². The Morgan fingerprint density at radius 2 is 2.00 bits per heavy atom. The summed E-state index contributed by atoms with van der Waals surface area (Å²) < 4.78 is 1.71. The highest BCUT2D eigenvalue weighted by Gasteiger charge is 2.11. The Kier molecular flexibility index (Phi) is 5.44. The second-order valence-electron chi connectivity index (χ2n) is 3.69. The summed E-state index contributed by atoms with van der Waals surface area (Å²) in [5.41, 5.74) is 6.24. The summed E-state index contributed by atoms with van der Waals surface area (Å²) in [4.78, 5) is 11.7. The molecule has 0 aliphatic carbocycles. The third-order valence-corrected chi connectivity index (χ3v) is 3.49. The molecule has 0 saturated heterocycles. The van der Waals surface area contributed by atoms with Gasteiger partial charge in [0.05, 0.1) is 5.69 Å². The maximum Gasteiger partial charge on any atom is 0.224 e. The molecule has 0 heterocycles. The van der Waals surface area contributed by atoms with Crippen molar-refractivity contribution < 1.29 is 4.79 Å². The minimum atomic E-state index is -0.0226. The lowest BCUT2D eigenvalue weighted by atomic mass is 10.1. The van der Waals surface area contributed by atoms with Gasteiger partial charge in [-0.2, -0.15) is 0 Å². The zero-order chi connectivity index (χ0) is 12.1. The number of anilines is 1. The molecule has 0 aliphatic rings. The summed E-state index contributed by atoms with van der Waals surface area (Å²) in [5.74, 6) is 0.173. The molecule has 1 unspecified atom stereocenters. The van der Waals surface area contributed by atoms with E-state index < -0.39 is 0 Å². The van der Waals surface area contributed by atoms with Gasteiger partial charge >= 0.3 is 0 Å². The third-order valence-electron chi connectivity index (χ3n) is 2.16. The normalized spacial score (nSPS) is 12.2. The molecule has 0 fully saturated rings. The van der Waals surface area contributed by atoms with Crippen molar-refractivity contribution in [2.24, 2.45) is 11.7 Å². The van der Waals surface area contributed by atoms with E-state index in [1.165, 1.54) is 0 Å². The monoisotopic (exact) mass is 348 g/mol. The first-order valence-corrected chi connectivity index (χ1v) is 6.57. The Morgan fingerprint density at radius 1 is 1.44 bits per heavy atom. The third kappa shape index (κ3) is 3.88. The van der Waals surface area contributed by atoms with Crippen molar-refractivity contribution in [3.63, 3.8) is 0 Å². The molecule has 1 amide bonds. The van der Waals surface area contributed by atoms with Gasteiger partial charge < -0.3 is 11.1 Å². The van der Waals surface area contributed by atoms with Crippen LogP contribution in [0.3, 0.4) is 0 Å². The average molecular weight is 350 g/mol. The molecule has 0 saturated carbocycles. The van der Waals surface area contributed by atoms with Crippen molar-refractivity contribution in [3.8, 4) is 0 Å². The van der Waals surface area contributed by atoms with E-state index in [2.05, 4.69) is 37.2 Å². The Morgan fingerprint density at radius 3 is 2.50 bits per heavy atom. The topological polar surface area (TPSA) is 55.1 Å². The first kappa shape index (κ1) is 13.7. The van der Waals surface area contributed by atoms with E-state index >= 15 is 0 Å². The van der Waals surface area contributed by atoms with E-state index in [9.17, 15) is 4.79 Å². The van der Waals surface area contributed by atoms with Crippen molar-refractivity contribution in [2.45, 2.75) is 13.3 Å². The Bertz CT molecular complexity index is 362. The maximum atomic E-state index is 11.7. The van der Waals surface area contributed by atoms with E-state index in [1.54, 1.807) is 0 Å². The van der Waals surface area contributed by atoms with Crippen LogP contribution in [-0.2, 0) is 4.79 Å². The molecule has 1 aromatic carbocycles. The average Bonchev–Trinajstić information content (AvgIpc) is 2.23. The number of nitrogens with one attached hydrogen (secondary N) is 1. The van der Waals surface area contributed by atoms with Crippen molar-refractivity contribution in [1.82, 2.24) is 0 Å². The first-order valence-electron chi connectivity index (χ1n) is 4.98. The van der Waals surface area contributed by atoms with Crippen LogP contribution in [-0.4, -0.2) is 12.5 Å². The van der Waals surface area contributed by atoms with Crippen molar-refractivity contribution in [1.29, 1.82) is 0 Å². The van der Waals surface area contributed by atoms with Crippen molar-refractivity contribution >= 4 is 43.5 Å². The zero-order valence-electron chi connectivity index (χ0n) is 8.97.